The number of ether oxygens (including phenoxy) is 2. The van der Waals surface area contributed by atoms with Gasteiger partial charge in [-0.05, 0) is 36.4 Å². The fourth-order valence-corrected chi connectivity index (χ4v) is 2.50. The van der Waals surface area contributed by atoms with Crippen LogP contribution in [0.3, 0.4) is 0 Å². The Balaban J connectivity index is 0.000000285. The Morgan fingerprint density at radius 3 is 2.03 bits per heavy atom. The summed E-state index contributed by atoms with van der Waals surface area (Å²) in [5.74, 6) is -0.611. The molecule has 0 aliphatic rings. The van der Waals surface area contributed by atoms with Crippen molar-refractivity contribution in [2.45, 2.75) is 0 Å². The Morgan fingerprint density at radius 1 is 0.839 bits per heavy atom. The minimum atomic E-state index is -0.613. The van der Waals surface area contributed by atoms with Gasteiger partial charge in [-0.1, -0.05) is 36.4 Å². The molecule has 0 aliphatic carbocycles. The van der Waals surface area contributed by atoms with Gasteiger partial charge < -0.3 is 26.0 Å². The van der Waals surface area contributed by atoms with E-state index in [1.54, 1.807) is 60.7 Å². The Labute approximate surface area is 179 Å². The number of carbonyl (C=O) groups is 3. The van der Waals surface area contributed by atoms with Gasteiger partial charge in [0, 0.05) is 5.56 Å². The SMILES string of the molecule is COc1cccc(C(=O)COc2ccccc2C(N)=O)c1.NC(=O)c1ccccc1O. The number of amides is 2. The first kappa shape index (κ1) is 23.0. The third-order valence-electron chi connectivity index (χ3n) is 4.07. The van der Waals surface area contributed by atoms with Gasteiger partial charge in [0.1, 0.15) is 17.2 Å². The Bertz CT molecular complexity index is 1080. The maximum atomic E-state index is 12.1. The summed E-state index contributed by atoms with van der Waals surface area (Å²) in [5, 5.41) is 8.98. The Kier molecular flexibility index (Phi) is 8.15. The maximum absolute atomic E-state index is 12.1. The summed E-state index contributed by atoms with van der Waals surface area (Å²) < 4.78 is 10.5. The number of phenols is 1. The minimum absolute atomic E-state index is 0.0741. The first-order valence-corrected chi connectivity index (χ1v) is 9.10. The first-order chi connectivity index (χ1) is 14.8. The van der Waals surface area contributed by atoms with E-state index in [4.69, 9.17) is 26.0 Å². The van der Waals surface area contributed by atoms with Crippen LogP contribution >= 0.6 is 0 Å². The molecule has 8 nitrogen and oxygen atoms in total. The van der Waals surface area contributed by atoms with Crippen LogP contribution in [-0.2, 0) is 0 Å². The average Bonchev–Trinajstić information content (AvgIpc) is 2.78. The van der Waals surface area contributed by atoms with Crippen LogP contribution < -0.4 is 20.9 Å². The predicted octanol–water partition coefficient (Wildman–Crippen LogP) is 2.55. The normalized spacial score (nSPS) is 9.71. The van der Waals surface area contributed by atoms with Gasteiger partial charge in [-0.2, -0.15) is 0 Å². The number of nitrogens with two attached hydrogens (primary N) is 2. The molecule has 0 saturated heterocycles. The summed E-state index contributed by atoms with van der Waals surface area (Å²) in [6.45, 7) is -0.183. The van der Waals surface area contributed by atoms with Gasteiger partial charge in [0.25, 0.3) is 11.8 Å². The van der Waals surface area contributed by atoms with E-state index in [9.17, 15) is 14.4 Å². The van der Waals surface area contributed by atoms with E-state index in [0.717, 1.165) is 0 Å². The molecule has 0 aromatic heterocycles. The van der Waals surface area contributed by atoms with Crippen LogP contribution in [0.2, 0.25) is 0 Å². The van der Waals surface area contributed by atoms with E-state index in [2.05, 4.69) is 0 Å². The molecule has 3 aromatic carbocycles. The third kappa shape index (κ3) is 6.60. The smallest absolute Gasteiger partial charge is 0.252 e. The summed E-state index contributed by atoms with van der Waals surface area (Å²) in [4.78, 5) is 33.8. The minimum Gasteiger partial charge on any atom is -0.507 e. The maximum Gasteiger partial charge on any atom is 0.252 e. The number of methoxy groups -OCH3 is 1. The van der Waals surface area contributed by atoms with Gasteiger partial charge in [0.15, 0.2) is 12.4 Å². The molecule has 0 aliphatic heterocycles. The molecule has 0 spiro atoms. The van der Waals surface area contributed by atoms with Gasteiger partial charge in [-0.25, -0.2) is 0 Å². The zero-order valence-corrected chi connectivity index (χ0v) is 16.8. The Morgan fingerprint density at radius 2 is 1.45 bits per heavy atom. The molecule has 31 heavy (non-hydrogen) atoms. The molecule has 0 unspecified atom stereocenters. The van der Waals surface area contributed by atoms with Crippen molar-refractivity contribution in [3.05, 3.63) is 89.5 Å². The lowest BCUT2D eigenvalue weighted by Gasteiger charge is -2.09. The summed E-state index contributed by atoms with van der Waals surface area (Å²) in [5.41, 5.74) is 11.0. The van der Waals surface area contributed by atoms with Crippen molar-refractivity contribution in [2.75, 3.05) is 13.7 Å². The standard InChI is InChI=1S/C16H15NO4.C7H7NO2/c1-20-12-6-4-5-11(9-12)14(18)10-21-15-8-3-2-7-13(15)16(17)19;8-7(10)5-3-1-2-4-6(5)9/h2-9H,10H2,1H3,(H2,17,19);1-4,9H,(H2,8,10). The first-order valence-electron chi connectivity index (χ1n) is 9.10. The molecule has 3 rings (SSSR count). The molecule has 0 fully saturated rings. The molecular formula is C23H22N2O6. The van der Waals surface area contributed by atoms with Crippen LogP contribution in [0.5, 0.6) is 17.2 Å². The molecule has 0 radical (unpaired) electrons. The van der Waals surface area contributed by atoms with Crippen molar-refractivity contribution in [1.29, 1.82) is 0 Å². The van der Waals surface area contributed by atoms with Crippen molar-refractivity contribution in [3.63, 3.8) is 0 Å². The molecule has 8 heteroatoms. The predicted molar refractivity (Wildman–Crippen MR) is 114 cm³/mol. The number of ketones is 1. The van der Waals surface area contributed by atoms with Crippen LogP contribution in [0.25, 0.3) is 0 Å². The van der Waals surface area contributed by atoms with Crippen molar-refractivity contribution >= 4 is 17.6 Å². The van der Waals surface area contributed by atoms with Crippen LogP contribution in [0, 0.1) is 0 Å². The van der Waals surface area contributed by atoms with Crippen LogP contribution in [0.1, 0.15) is 31.1 Å². The number of hydrogen-bond donors (Lipinski definition) is 3. The van der Waals surface area contributed by atoms with E-state index in [0.29, 0.717) is 17.1 Å². The second-order valence-corrected chi connectivity index (χ2v) is 6.19. The van der Waals surface area contributed by atoms with Crippen LogP contribution in [0.4, 0.5) is 0 Å². The fraction of sp³-hybridized carbons (Fsp3) is 0.0870. The monoisotopic (exact) mass is 422 g/mol. The molecular weight excluding hydrogens is 400 g/mol. The number of aromatic hydroxyl groups is 1. The second kappa shape index (κ2) is 11.0. The number of rotatable bonds is 7. The van der Waals surface area contributed by atoms with Gasteiger partial charge in [-0.3, -0.25) is 14.4 Å². The van der Waals surface area contributed by atoms with E-state index in [-0.39, 0.29) is 29.3 Å². The third-order valence-corrected chi connectivity index (χ3v) is 4.07. The van der Waals surface area contributed by atoms with Crippen molar-refractivity contribution in [1.82, 2.24) is 0 Å². The number of Topliss-reactive ketones (excluding diaryl/α,β-unsaturated/α-hetero) is 1. The van der Waals surface area contributed by atoms with Gasteiger partial charge in [-0.15, -0.1) is 0 Å². The molecule has 0 heterocycles. The molecule has 0 atom stereocenters. The summed E-state index contributed by atoms with van der Waals surface area (Å²) >= 11 is 0. The highest BCUT2D eigenvalue weighted by Gasteiger charge is 2.12. The van der Waals surface area contributed by atoms with Gasteiger partial charge >= 0.3 is 0 Å². The quantitative estimate of drug-likeness (QED) is 0.500. The highest BCUT2D eigenvalue weighted by atomic mass is 16.5. The topological polar surface area (TPSA) is 142 Å². The van der Waals surface area contributed by atoms with Crippen molar-refractivity contribution in [2.24, 2.45) is 11.5 Å². The summed E-state index contributed by atoms with van der Waals surface area (Å²) in [7, 11) is 1.53. The number of para-hydroxylation sites is 2. The van der Waals surface area contributed by atoms with Crippen LogP contribution in [-0.4, -0.2) is 36.4 Å². The van der Waals surface area contributed by atoms with Gasteiger partial charge in [0.05, 0.1) is 18.2 Å². The average molecular weight is 422 g/mol. The summed E-state index contributed by atoms with van der Waals surface area (Å²) in [6.07, 6.45) is 0. The highest BCUT2D eigenvalue weighted by Crippen LogP contribution is 2.18. The van der Waals surface area contributed by atoms with Crippen molar-refractivity contribution in [3.8, 4) is 17.2 Å². The van der Waals surface area contributed by atoms with E-state index >= 15 is 0 Å². The van der Waals surface area contributed by atoms with Crippen LogP contribution in [0.15, 0.2) is 72.8 Å². The summed E-state index contributed by atoms with van der Waals surface area (Å²) in [6, 6.07) is 19.5. The lowest BCUT2D eigenvalue weighted by Crippen LogP contribution is -2.16. The molecule has 160 valence electrons. The number of hydrogen-bond acceptors (Lipinski definition) is 6. The molecule has 0 saturated carbocycles. The molecule has 0 bridgehead atoms. The number of carbonyl (C=O) groups excluding carboxylic acids is 3. The highest BCUT2D eigenvalue weighted by molar-refractivity contribution is 5.98. The lowest BCUT2D eigenvalue weighted by atomic mass is 10.1. The van der Waals surface area contributed by atoms with E-state index in [1.807, 2.05) is 0 Å². The molecule has 2 amide bonds. The van der Waals surface area contributed by atoms with Crippen molar-refractivity contribution < 1.29 is 29.0 Å². The zero-order chi connectivity index (χ0) is 22.8. The Hall–Kier alpha value is -4.33. The fourth-order valence-electron chi connectivity index (χ4n) is 2.50. The second-order valence-electron chi connectivity index (χ2n) is 6.19. The lowest BCUT2D eigenvalue weighted by molar-refractivity contribution is 0.0911. The number of primary amides is 2. The van der Waals surface area contributed by atoms with E-state index < -0.39 is 11.8 Å². The van der Waals surface area contributed by atoms with Gasteiger partial charge in [0.2, 0.25) is 0 Å². The largest absolute Gasteiger partial charge is 0.507 e. The molecule has 3 aromatic rings. The van der Waals surface area contributed by atoms with E-state index in [1.165, 1.54) is 19.2 Å². The molecule has 5 N–H and O–H groups in total. The number of benzene rings is 3. The zero-order valence-electron chi connectivity index (χ0n) is 16.8.